The number of hydrogen-bond donors (Lipinski definition) is 4. The number of amidine groups is 1. The number of pyridine rings is 1. The van der Waals surface area contributed by atoms with Crippen molar-refractivity contribution in [1.82, 2.24) is 20.9 Å². The Bertz CT molecular complexity index is 1010. The highest BCUT2D eigenvalue weighted by atomic mass is 16.3. The van der Waals surface area contributed by atoms with E-state index < -0.39 is 0 Å². The highest BCUT2D eigenvalue weighted by Gasteiger charge is 2.15. The average Bonchev–Trinajstić information content (AvgIpc) is 2.90. The lowest BCUT2D eigenvalue weighted by Gasteiger charge is -2.21. The number of nitrogens with zero attached hydrogens (tertiary/aromatic N) is 4. The summed E-state index contributed by atoms with van der Waals surface area (Å²) >= 11 is 0. The number of nitrogens with one attached hydrogen (secondary N) is 3. The molecule has 1 unspecified atom stereocenters. The minimum absolute atomic E-state index is 0.0111. The van der Waals surface area contributed by atoms with Crippen LogP contribution in [0.2, 0.25) is 0 Å². The van der Waals surface area contributed by atoms with Crippen LogP contribution in [0.3, 0.4) is 0 Å². The minimum Gasteiger partial charge on any atom is -0.394 e. The predicted molar refractivity (Wildman–Crippen MR) is 147 cm³/mol. The molecule has 0 aliphatic rings. The van der Waals surface area contributed by atoms with Gasteiger partial charge in [0, 0.05) is 37.1 Å². The van der Waals surface area contributed by atoms with Crippen molar-refractivity contribution in [2.45, 2.75) is 59.2 Å². The molecule has 1 aromatic carbocycles. The van der Waals surface area contributed by atoms with Crippen LogP contribution in [-0.4, -0.2) is 54.3 Å². The van der Waals surface area contributed by atoms with E-state index in [0.29, 0.717) is 24.0 Å². The summed E-state index contributed by atoms with van der Waals surface area (Å²) in [6.45, 7) is 12.5. The summed E-state index contributed by atoms with van der Waals surface area (Å²) < 4.78 is 0. The summed E-state index contributed by atoms with van der Waals surface area (Å²) in [5.74, 6) is 1.10. The maximum Gasteiger partial charge on any atom is 0.197 e. The molecule has 2 aromatic rings. The quantitative estimate of drug-likeness (QED) is 0.290. The van der Waals surface area contributed by atoms with Crippen molar-refractivity contribution in [2.24, 2.45) is 15.0 Å². The van der Waals surface area contributed by atoms with E-state index in [2.05, 4.69) is 68.8 Å². The van der Waals surface area contributed by atoms with Crippen LogP contribution in [0.25, 0.3) is 11.3 Å². The third kappa shape index (κ3) is 8.64. The maximum absolute atomic E-state index is 9.56. The van der Waals surface area contributed by atoms with Gasteiger partial charge in [-0.15, -0.1) is 0 Å². The lowest BCUT2D eigenvalue weighted by molar-refractivity contribution is 0.252. The molecule has 4 N–H and O–H groups in total. The number of aromatic nitrogens is 1. The van der Waals surface area contributed by atoms with Crippen LogP contribution in [0.15, 0.2) is 75.0 Å². The molecule has 2 rings (SSSR count). The van der Waals surface area contributed by atoms with Gasteiger partial charge in [0.25, 0.3) is 0 Å². The molecular formula is C27H39N7O. The zero-order valence-electron chi connectivity index (χ0n) is 21.5. The molecule has 0 spiro atoms. The molecule has 1 heterocycles. The molecular weight excluding hydrogens is 438 g/mol. The number of aliphatic imine (C=N–C) groups is 3. The van der Waals surface area contributed by atoms with Crippen molar-refractivity contribution in [3.8, 4) is 11.3 Å². The topological polar surface area (TPSA) is 106 Å². The van der Waals surface area contributed by atoms with Crippen molar-refractivity contribution in [3.63, 3.8) is 0 Å². The van der Waals surface area contributed by atoms with Crippen molar-refractivity contribution in [2.75, 3.05) is 13.7 Å². The largest absolute Gasteiger partial charge is 0.394 e. The maximum atomic E-state index is 9.56. The molecule has 0 aliphatic carbocycles. The minimum atomic E-state index is -0.108. The van der Waals surface area contributed by atoms with Gasteiger partial charge in [-0.2, -0.15) is 0 Å². The van der Waals surface area contributed by atoms with Gasteiger partial charge in [0.15, 0.2) is 11.8 Å². The molecule has 35 heavy (non-hydrogen) atoms. The Morgan fingerprint density at radius 1 is 1.11 bits per heavy atom. The van der Waals surface area contributed by atoms with E-state index in [9.17, 15) is 5.11 Å². The molecule has 0 saturated heterocycles. The summed E-state index contributed by atoms with van der Waals surface area (Å²) in [5, 5.41) is 19.5. The lowest BCUT2D eigenvalue weighted by Crippen LogP contribution is -2.47. The number of allylic oxidation sites excluding steroid dienone is 1. The first-order valence-corrected chi connectivity index (χ1v) is 12.1. The molecule has 0 aliphatic heterocycles. The van der Waals surface area contributed by atoms with Crippen LogP contribution < -0.4 is 16.0 Å². The first kappa shape index (κ1) is 27.7. The van der Waals surface area contributed by atoms with Crippen LogP contribution in [0.4, 0.5) is 0 Å². The second-order valence-electron chi connectivity index (χ2n) is 8.26. The third-order valence-corrected chi connectivity index (χ3v) is 5.66. The normalized spacial score (nSPS) is 14.6. The van der Waals surface area contributed by atoms with Crippen molar-refractivity contribution >= 4 is 18.5 Å². The van der Waals surface area contributed by atoms with Crippen LogP contribution in [0, 0.1) is 0 Å². The highest BCUT2D eigenvalue weighted by Crippen LogP contribution is 2.17. The molecule has 8 heteroatoms. The van der Waals surface area contributed by atoms with Gasteiger partial charge >= 0.3 is 0 Å². The molecule has 8 nitrogen and oxygen atoms in total. The molecule has 2 atom stereocenters. The fraction of sp³-hybridized carbons (Fsp3) is 0.407. The predicted octanol–water partition coefficient (Wildman–Crippen LogP) is 3.90. The fourth-order valence-electron chi connectivity index (χ4n) is 3.22. The van der Waals surface area contributed by atoms with E-state index in [4.69, 9.17) is 4.99 Å². The number of hydrogen-bond acceptors (Lipinski definition) is 6. The smallest absolute Gasteiger partial charge is 0.197 e. The molecule has 1 aromatic heterocycles. The Kier molecular flexibility index (Phi) is 11.6. The molecule has 0 radical (unpaired) electrons. The summed E-state index contributed by atoms with van der Waals surface area (Å²) in [7, 11) is 1.69. The zero-order valence-corrected chi connectivity index (χ0v) is 21.5. The Balaban J connectivity index is 2.21. The standard InChI is InChI=1S/C27H39N7O/c1-7-19(3)32-26(34-27(29-6)33-23(8-2)18-35)25(28-5)20(4)31-17-21-12-14-22(15-13-21)24-11-9-10-16-30-24/h9-16,19,23,31,35H,5,7-8,17-18H2,1-4,6H3,(H2,29,32,33,34)/b25-20-/t19?,23-/m0/s1. The second-order valence-corrected chi connectivity index (χ2v) is 8.26. The van der Waals surface area contributed by atoms with Gasteiger partial charge < -0.3 is 21.1 Å². The van der Waals surface area contributed by atoms with E-state index in [1.807, 2.05) is 39.0 Å². The molecule has 188 valence electrons. The van der Waals surface area contributed by atoms with Crippen LogP contribution in [0.1, 0.15) is 46.1 Å². The zero-order chi connectivity index (χ0) is 25.6. The van der Waals surface area contributed by atoms with Gasteiger partial charge in [0.2, 0.25) is 0 Å². The number of benzene rings is 1. The summed E-state index contributed by atoms with van der Waals surface area (Å²) in [6.07, 6.45) is 3.44. The second kappa shape index (κ2) is 14.7. The van der Waals surface area contributed by atoms with Crippen molar-refractivity contribution < 1.29 is 5.11 Å². The van der Waals surface area contributed by atoms with Gasteiger partial charge in [-0.05, 0) is 51.1 Å². The summed E-state index contributed by atoms with van der Waals surface area (Å²) in [4.78, 5) is 17.8. The van der Waals surface area contributed by atoms with Crippen LogP contribution in [-0.2, 0) is 6.54 Å². The fourth-order valence-corrected chi connectivity index (χ4v) is 3.22. The molecule has 0 bridgehead atoms. The Morgan fingerprint density at radius 3 is 2.40 bits per heavy atom. The van der Waals surface area contributed by atoms with Gasteiger partial charge in [0.1, 0.15) is 5.70 Å². The first-order valence-electron chi connectivity index (χ1n) is 12.1. The van der Waals surface area contributed by atoms with Gasteiger partial charge in [-0.1, -0.05) is 44.2 Å². The highest BCUT2D eigenvalue weighted by molar-refractivity contribution is 6.09. The van der Waals surface area contributed by atoms with Crippen LogP contribution >= 0.6 is 0 Å². The van der Waals surface area contributed by atoms with Crippen molar-refractivity contribution in [1.29, 1.82) is 0 Å². The number of aliphatic hydroxyl groups excluding tert-OH is 1. The number of rotatable bonds is 11. The SMILES string of the molecule is C=N/C(C(=NC(C)CC)NC(=NC)N[C@@H](CC)CO)=C(/C)NCc1ccc(-c2ccccn2)cc1. The Morgan fingerprint density at radius 2 is 1.86 bits per heavy atom. The van der Waals surface area contributed by atoms with Crippen LogP contribution in [0.5, 0.6) is 0 Å². The first-order chi connectivity index (χ1) is 16.9. The van der Waals surface area contributed by atoms with E-state index in [1.54, 1.807) is 13.2 Å². The number of aliphatic hydroxyl groups is 1. The van der Waals surface area contributed by atoms with Gasteiger partial charge in [0.05, 0.1) is 18.3 Å². The Labute approximate surface area is 209 Å². The summed E-state index contributed by atoms with van der Waals surface area (Å²) in [5.41, 5.74) is 4.62. The lowest BCUT2D eigenvalue weighted by atomic mass is 10.1. The van der Waals surface area contributed by atoms with Crippen molar-refractivity contribution in [3.05, 3.63) is 65.6 Å². The molecule has 0 fully saturated rings. The van der Waals surface area contributed by atoms with E-state index in [0.717, 1.165) is 35.4 Å². The Hall–Kier alpha value is -3.52. The van der Waals surface area contributed by atoms with Gasteiger partial charge in [-0.3, -0.25) is 20.0 Å². The molecule has 0 amide bonds. The van der Waals surface area contributed by atoms with E-state index in [1.165, 1.54) is 0 Å². The monoisotopic (exact) mass is 477 g/mol. The average molecular weight is 478 g/mol. The summed E-state index contributed by atoms with van der Waals surface area (Å²) in [6, 6.07) is 14.2. The molecule has 0 saturated carbocycles. The number of guanidine groups is 1. The third-order valence-electron chi connectivity index (χ3n) is 5.66. The van der Waals surface area contributed by atoms with E-state index >= 15 is 0 Å². The van der Waals surface area contributed by atoms with E-state index in [-0.39, 0.29) is 18.7 Å². The van der Waals surface area contributed by atoms with Gasteiger partial charge in [-0.25, -0.2) is 0 Å².